The monoisotopic (exact) mass is 269 g/mol. The molecule has 4 nitrogen and oxygen atoms in total. The van der Waals surface area contributed by atoms with Crippen LogP contribution in [0.15, 0.2) is 6.07 Å². The van der Waals surface area contributed by atoms with Crippen LogP contribution in [-0.4, -0.2) is 28.4 Å². The van der Waals surface area contributed by atoms with Crippen molar-refractivity contribution in [1.29, 1.82) is 0 Å². The van der Waals surface area contributed by atoms with Gasteiger partial charge in [0, 0.05) is 23.2 Å². The molecule has 0 fully saturated rings. The van der Waals surface area contributed by atoms with Gasteiger partial charge in [0.05, 0.1) is 0 Å². The zero-order valence-electron chi connectivity index (χ0n) is 11.2. The van der Waals surface area contributed by atoms with E-state index in [0.29, 0.717) is 6.54 Å². The average molecular weight is 269 g/mol. The fourth-order valence-corrected chi connectivity index (χ4v) is 3.02. The Hall–Kier alpha value is -1.36. The van der Waals surface area contributed by atoms with E-state index in [4.69, 9.17) is 0 Å². The molecular formula is C13H19NO3S. The zero-order chi connectivity index (χ0) is 13.9. The van der Waals surface area contributed by atoms with Crippen molar-refractivity contribution in [2.24, 2.45) is 0 Å². The van der Waals surface area contributed by atoms with Gasteiger partial charge in [-0.2, -0.15) is 0 Å². The highest BCUT2D eigenvalue weighted by atomic mass is 32.1. The fraction of sp³-hybridized carbons (Fsp3) is 0.538. The number of carbonyl (C=O) groups is 2. The zero-order valence-corrected chi connectivity index (χ0v) is 12.0. The molecule has 0 aromatic carbocycles. The molecule has 1 rings (SSSR count). The van der Waals surface area contributed by atoms with E-state index in [9.17, 15) is 14.7 Å². The summed E-state index contributed by atoms with van der Waals surface area (Å²) in [6.07, 6.45) is 0.742. The lowest BCUT2D eigenvalue weighted by Gasteiger charge is -2.27. The number of amides is 1. The Morgan fingerprint density at radius 3 is 2.39 bits per heavy atom. The third-order valence-electron chi connectivity index (χ3n) is 2.79. The predicted octanol–water partition coefficient (Wildman–Crippen LogP) is 2.75. The van der Waals surface area contributed by atoms with Crippen molar-refractivity contribution >= 4 is 23.2 Å². The maximum Gasteiger partial charge on any atom is 0.331 e. The highest BCUT2D eigenvalue weighted by molar-refractivity contribution is 7.12. The summed E-state index contributed by atoms with van der Waals surface area (Å²) in [5, 5.41) is 9.42. The average Bonchev–Trinajstić information content (AvgIpc) is 2.56. The molecule has 1 amide bonds. The summed E-state index contributed by atoms with van der Waals surface area (Å²) in [6.45, 7) is 7.65. The third-order valence-corrected chi connectivity index (χ3v) is 3.77. The van der Waals surface area contributed by atoms with Crippen LogP contribution in [0.2, 0.25) is 0 Å². The van der Waals surface area contributed by atoms with Gasteiger partial charge in [0.2, 0.25) is 5.91 Å². The summed E-state index contributed by atoms with van der Waals surface area (Å²) in [7, 11) is 0. The van der Waals surface area contributed by atoms with E-state index in [2.05, 4.69) is 0 Å². The van der Waals surface area contributed by atoms with E-state index in [-0.39, 0.29) is 5.91 Å². The predicted molar refractivity (Wildman–Crippen MR) is 71.8 cm³/mol. The van der Waals surface area contributed by atoms with Crippen molar-refractivity contribution in [2.75, 3.05) is 6.54 Å². The summed E-state index contributed by atoms with van der Waals surface area (Å²) < 4.78 is 0. The van der Waals surface area contributed by atoms with E-state index in [1.807, 2.05) is 26.8 Å². The molecule has 5 heteroatoms. The maximum atomic E-state index is 11.6. The molecule has 0 spiro atoms. The molecule has 100 valence electrons. The lowest BCUT2D eigenvalue weighted by Crippen LogP contribution is -2.38. The first-order valence-electron chi connectivity index (χ1n) is 5.95. The first kappa shape index (κ1) is 14.7. The molecule has 0 bridgehead atoms. The number of nitrogens with zero attached hydrogens (tertiary/aromatic N) is 1. The smallest absolute Gasteiger partial charge is 0.331 e. The number of carboxylic acids is 1. The van der Waals surface area contributed by atoms with Crippen molar-refractivity contribution in [3.8, 4) is 0 Å². The quantitative estimate of drug-likeness (QED) is 0.894. The Morgan fingerprint density at radius 1 is 1.44 bits per heavy atom. The third kappa shape index (κ3) is 3.10. The number of carboxylic acid groups (broad SMARTS) is 1. The standard InChI is InChI=1S/C13H19NO3S/c1-5-6-14(10(4)15)12(13(16)17)11-7-8(2)18-9(11)3/h7,12H,5-6H2,1-4H3,(H,16,17). The van der Waals surface area contributed by atoms with Crippen LogP contribution in [0, 0.1) is 13.8 Å². The van der Waals surface area contributed by atoms with Crippen LogP contribution in [0.4, 0.5) is 0 Å². The number of rotatable bonds is 5. The lowest BCUT2D eigenvalue weighted by molar-refractivity contribution is -0.149. The Balaban J connectivity index is 3.20. The van der Waals surface area contributed by atoms with Crippen molar-refractivity contribution in [3.05, 3.63) is 21.4 Å². The van der Waals surface area contributed by atoms with E-state index >= 15 is 0 Å². The number of hydrogen-bond acceptors (Lipinski definition) is 3. The van der Waals surface area contributed by atoms with E-state index in [1.54, 1.807) is 11.3 Å². The number of carbonyl (C=O) groups excluding carboxylic acids is 1. The van der Waals surface area contributed by atoms with Crippen molar-refractivity contribution in [3.63, 3.8) is 0 Å². The molecule has 1 N–H and O–H groups in total. The number of aryl methyl sites for hydroxylation is 2. The van der Waals surface area contributed by atoms with Crippen LogP contribution in [0.3, 0.4) is 0 Å². The molecule has 0 aliphatic carbocycles. The van der Waals surface area contributed by atoms with Crippen LogP contribution in [0.5, 0.6) is 0 Å². The van der Waals surface area contributed by atoms with Crippen molar-refractivity contribution < 1.29 is 14.7 Å². The van der Waals surface area contributed by atoms with Gasteiger partial charge < -0.3 is 10.0 Å². The van der Waals surface area contributed by atoms with Gasteiger partial charge in [0.25, 0.3) is 0 Å². The van der Waals surface area contributed by atoms with Crippen molar-refractivity contribution in [1.82, 2.24) is 4.90 Å². The van der Waals surface area contributed by atoms with E-state index in [1.165, 1.54) is 11.8 Å². The molecule has 0 radical (unpaired) electrons. The Morgan fingerprint density at radius 2 is 2.06 bits per heavy atom. The van der Waals surface area contributed by atoms with Crippen LogP contribution < -0.4 is 0 Å². The Bertz CT molecular complexity index is 453. The minimum absolute atomic E-state index is 0.201. The molecule has 0 saturated heterocycles. The fourth-order valence-electron chi connectivity index (χ4n) is 2.07. The van der Waals surface area contributed by atoms with Gasteiger partial charge in [-0.3, -0.25) is 4.79 Å². The topological polar surface area (TPSA) is 57.6 Å². The van der Waals surface area contributed by atoms with Gasteiger partial charge in [-0.25, -0.2) is 4.79 Å². The largest absolute Gasteiger partial charge is 0.479 e. The van der Waals surface area contributed by atoms with Gasteiger partial charge in [-0.15, -0.1) is 11.3 Å². The highest BCUT2D eigenvalue weighted by Gasteiger charge is 2.30. The van der Waals surface area contributed by atoms with Crippen LogP contribution in [0.1, 0.15) is 41.6 Å². The van der Waals surface area contributed by atoms with Gasteiger partial charge in [-0.05, 0) is 31.9 Å². The summed E-state index contributed by atoms with van der Waals surface area (Å²) in [5.41, 5.74) is 0.730. The SMILES string of the molecule is CCCN(C(C)=O)C(C(=O)O)c1cc(C)sc1C. The molecule has 1 aromatic heterocycles. The molecule has 1 atom stereocenters. The second-order valence-electron chi connectivity index (χ2n) is 4.32. The molecule has 0 aliphatic rings. The van der Waals surface area contributed by atoms with E-state index in [0.717, 1.165) is 21.7 Å². The normalized spacial score (nSPS) is 12.2. The molecule has 18 heavy (non-hydrogen) atoms. The summed E-state index contributed by atoms with van der Waals surface area (Å²) >= 11 is 1.56. The molecule has 1 heterocycles. The van der Waals surface area contributed by atoms with Crippen LogP contribution in [0.25, 0.3) is 0 Å². The molecule has 0 saturated carbocycles. The second kappa shape index (κ2) is 6.00. The maximum absolute atomic E-state index is 11.6. The minimum atomic E-state index is -0.973. The molecule has 1 unspecified atom stereocenters. The van der Waals surface area contributed by atoms with E-state index < -0.39 is 12.0 Å². The Labute approximate surface area is 111 Å². The first-order valence-corrected chi connectivity index (χ1v) is 6.77. The first-order chi connectivity index (χ1) is 8.38. The second-order valence-corrected chi connectivity index (χ2v) is 5.78. The minimum Gasteiger partial charge on any atom is -0.479 e. The lowest BCUT2D eigenvalue weighted by atomic mass is 10.1. The number of thiophene rings is 1. The van der Waals surface area contributed by atoms with Crippen molar-refractivity contribution in [2.45, 2.75) is 40.2 Å². The van der Waals surface area contributed by atoms with Crippen LogP contribution >= 0.6 is 11.3 Å². The molecule has 1 aromatic rings. The number of hydrogen-bond donors (Lipinski definition) is 1. The molecule has 0 aliphatic heterocycles. The van der Waals surface area contributed by atoms with Gasteiger partial charge in [-0.1, -0.05) is 6.92 Å². The summed E-state index contributed by atoms with van der Waals surface area (Å²) in [4.78, 5) is 26.6. The van der Waals surface area contributed by atoms with Crippen LogP contribution in [-0.2, 0) is 9.59 Å². The molecular weight excluding hydrogens is 250 g/mol. The van der Waals surface area contributed by atoms with Gasteiger partial charge in [0.15, 0.2) is 6.04 Å². The Kier molecular flexibility index (Phi) is 4.90. The highest BCUT2D eigenvalue weighted by Crippen LogP contribution is 2.30. The number of aliphatic carboxylic acids is 1. The van der Waals surface area contributed by atoms with Gasteiger partial charge >= 0.3 is 5.97 Å². The van der Waals surface area contributed by atoms with Gasteiger partial charge in [0.1, 0.15) is 0 Å². The summed E-state index contributed by atoms with van der Waals surface area (Å²) in [6, 6.07) is 0.997. The summed E-state index contributed by atoms with van der Waals surface area (Å²) in [5.74, 6) is -1.17.